The first-order valence-corrected chi connectivity index (χ1v) is 13.2. The number of sulfonamides is 1. The van der Waals surface area contributed by atoms with Gasteiger partial charge in [0.25, 0.3) is 15.9 Å². The number of aryl methyl sites for hydroxylation is 1. The van der Waals surface area contributed by atoms with Gasteiger partial charge in [0, 0.05) is 10.6 Å². The number of hydrogen-bond acceptors (Lipinski definition) is 7. The van der Waals surface area contributed by atoms with E-state index >= 15 is 0 Å². The fourth-order valence-corrected chi connectivity index (χ4v) is 5.98. The second-order valence-electron chi connectivity index (χ2n) is 7.84. The minimum Gasteiger partial charge on any atom is -0.476 e. The lowest BCUT2D eigenvalue weighted by Gasteiger charge is -2.34. The van der Waals surface area contributed by atoms with Crippen molar-refractivity contribution in [1.82, 2.24) is 10.2 Å². The molecule has 0 aliphatic carbocycles. The third-order valence-electron chi connectivity index (χ3n) is 5.35. The lowest BCUT2D eigenvalue weighted by molar-refractivity contribution is -0.122. The fourth-order valence-electron chi connectivity index (χ4n) is 3.61. The Bertz CT molecular complexity index is 1490. The molecule has 0 fully saturated rings. The van der Waals surface area contributed by atoms with E-state index in [0.717, 1.165) is 11.1 Å². The molecule has 0 spiro atoms. The first-order chi connectivity index (χ1) is 16.8. The Morgan fingerprint density at radius 1 is 1.09 bits per heavy atom. The molecule has 4 aromatic rings. The van der Waals surface area contributed by atoms with Crippen LogP contribution in [0.5, 0.6) is 5.75 Å². The molecule has 1 aromatic heterocycles. The summed E-state index contributed by atoms with van der Waals surface area (Å²) in [4.78, 5) is 13.2. The summed E-state index contributed by atoms with van der Waals surface area (Å²) >= 11 is 7.13. The van der Waals surface area contributed by atoms with Crippen molar-refractivity contribution in [3.05, 3.63) is 83.4 Å². The minimum atomic E-state index is -3.93. The molecule has 1 atom stereocenters. The van der Waals surface area contributed by atoms with Crippen molar-refractivity contribution in [2.45, 2.75) is 17.9 Å². The predicted molar refractivity (Wildman–Crippen MR) is 136 cm³/mol. The topological polar surface area (TPSA) is 101 Å². The zero-order valence-corrected chi connectivity index (χ0v) is 20.8. The molecule has 1 amide bonds. The third kappa shape index (κ3) is 4.72. The zero-order valence-electron chi connectivity index (χ0n) is 18.4. The molecule has 0 saturated heterocycles. The van der Waals surface area contributed by atoms with E-state index in [4.69, 9.17) is 16.3 Å². The monoisotopic (exact) mass is 526 g/mol. The number of carbonyl (C=O) groups excluding carboxylic acids is 1. The van der Waals surface area contributed by atoms with Gasteiger partial charge in [0.1, 0.15) is 10.8 Å². The van der Waals surface area contributed by atoms with Gasteiger partial charge in [0.15, 0.2) is 6.10 Å². The van der Waals surface area contributed by atoms with Crippen LogP contribution in [0.4, 0.5) is 10.8 Å². The smallest absolute Gasteiger partial charge is 0.269 e. The van der Waals surface area contributed by atoms with Crippen molar-refractivity contribution in [3.63, 3.8) is 0 Å². The summed E-state index contributed by atoms with van der Waals surface area (Å²) in [5.41, 5.74) is 2.07. The number of ether oxygens (including phenoxy) is 1. The Kier molecular flexibility index (Phi) is 6.18. The van der Waals surface area contributed by atoms with Crippen LogP contribution >= 0.6 is 22.9 Å². The van der Waals surface area contributed by atoms with E-state index in [0.29, 0.717) is 21.5 Å². The first kappa shape index (κ1) is 23.3. The van der Waals surface area contributed by atoms with Gasteiger partial charge in [-0.1, -0.05) is 59.3 Å². The second kappa shape index (κ2) is 9.29. The van der Waals surface area contributed by atoms with E-state index in [1.54, 1.807) is 48.5 Å². The normalized spacial score (nSPS) is 15.3. The van der Waals surface area contributed by atoms with Crippen molar-refractivity contribution >= 4 is 49.7 Å². The number of hydrogen-bond donors (Lipinski definition) is 1. The van der Waals surface area contributed by atoms with E-state index in [2.05, 4.69) is 15.5 Å². The van der Waals surface area contributed by atoms with Gasteiger partial charge >= 0.3 is 0 Å². The Morgan fingerprint density at radius 3 is 2.57 bits per heavy atom. The third-order valence-corrected chi connectivity index (χ3v) is 8.29. The van der Waals surface area contributed by atoms with E-state index in [9.17, 15) is 13.2 Å². The molecule has 1 aliphatic rings. The number of carbonyl (C=O) groups is 1. The summed E-state index contributed by atoms with van der Waals surface area (Å²) in [6.07, 6.45) is -1.09. The SMILES string of the molecule is Cc1ccc2c(c1)N(S(=O)(=O)c1ccccc1)C[C@@H](C(=O)Nc1nnc(-c3ccc(Cl)cc3)s1)O2. The second-order valence-corrected chi connectivity index (χ2v) is 11.1. The van der Waals surface area contributed by atoms with Gasteiger partial charge in [-0.05, 0) is 48.9 Å². The number of halogens is 1. The van der Waals surface area contributed by atoms with Gasteiger partial charge in [-0.25, -0.2) is 8.42 Å². The highest BCUT2D eigenvalue weighted by atomic mass is 35.5. The highest BCUT2D eigenvalue weighted by Crippen LogP contribution is 2.38. The number of nitrogens with one attached hydrogen (secondary N) is 1. The fraction of sp³-hybridized carbons (Fsp3) is 0.125. The van der Waals surface area contributed by atoms with Crippen LogP contribution in [0.3, 0.4) is 0 Å². The average Bonchev–Trinajstić information content (AvgIpc) is 3.32. The maximum Gasteiger partial charge on any atom is 0.269 e. The Balaban J connectivity index is 1.41. The maximum absolute atomic E-state index is 13.5. The number of benzene rings is 3. The molecule has 0 bridgehead atoms. The minimum absolute atomic E-state index is 0.130. The molecule has 2 heterocycles. The van der Waals surface area contributed by atoms with Crippen LogP contribution in [0.1, 0.15) is 5.56 Å². The van der Waals surface area contributed by atoms with Crippen LogP contribution in [-0.2, 0) is 14.8 Å². The molecule has 5 rings (SSSR count). The molecule has 35 heavy (non-hydrogen) atoms. The number of fused-ring (bicyclic) bond motifs is 1. The van der Waals surface area contributed by atoms with Crippen molar-refractivity contribution in [2.75, 3.05) is 16.2 Å². The molecule has 8 nitrogen and oxygen atoms in total. The molecule has 178 valence electrons. The summed E-state index contributed by atoms with van der Waals surface area (Å²) in [5, 5.41) is 12.3. The maximum atomic E-state index is 13.5. The number of anilines is 2. The number of nitrogens with zero attached hydrogens (tertiary/aromatic N) is 3. The molecule has 11 heteroatoms. The molecule has 1 N–H and O–H groups in total. The number of amides is 1. The summed E-state index contributed by atoms with van der Waals surface area (Å²) < 4.78 is 34.1. The first-order valence-electron chi connectivity index (χ1n) is 10.6. The predicted octanol–water partition coefficient (Wildman–Crippen LogP) is 4.76. The standard InChI is InChI=1S/C24H19ClN4O4S2/c1-15-7-12-20-19(13-15)29(35(31,32)18-5-3-2-4-6-18)14-21(33-20)22(30)26-24-28-27-23(34-24)16-8-10-17(25)11-9-16/h2-13,21H,14H2,1H3,(H,26,28,30)/t21-/m0/s1. The highest BCUT2D eigenvalue weighted by molar-refractivity contribution is 7.92. The quantitative estimate of drug-likeness (QED) is 0.402. The Hall–Kier alpha value is -3.47. The van der Waals surface area contributed by atoms with Crippen LogP contribution in [-0.4, -0.2) is 37.2 Å². The van der Waals surface area contributed by atoms with E-state index in [-0.39, 0.29) is 16.6 Å². The summed E-state index contributed by atoms with van der Waals surface area (Å²) in [6, 6.07) is 20.4. The Morgan fingerprint density at radius 2 is 1.83 bits per heavy atom. The lowest BCUT2D eigenvalue weighted by atomic mass is 10.1. The van der Waals surface area contributed by atoms with Crippen molar-refractivity contribution in [1.29, 1.82) is 0 Å². The molecule has 1 aliphatic heterocycles. The molecule has 0 unspecified atom stereocenters. The van der Waals surface area contributed by atoms with Gasteiger partial charge < -0.3 is 4.74 Å². The van der Waals surface area contributed by atoms with Gasteiger partial charge in [-0.3, -0.25) is 14.4 Å². The number of rotatable bonds is 5. The van der Waals surface area contributed by atoms with Gasteiger partial charge in [0.05, 0.1) is 17.1 Å². The van der Waals surface area contributed by atoms with Crippen LogP contribution in [0.15, 0.2) is 77.7 Å². The van der Waals surface area contributed by atoms with Crippen LogP contribution in [0.25, 0.3) is 10.6 Å². The zero-order chi connectivity index (χ0) is 24.6. The van der Waals surface area contributed by atoms with Gasteiger partial charge in [-0.2, -0.15) is 0 Å². The molecular formula is C24H19ClN4O4S2. The number of aromatic nitrogens is 2. The summed E-state index contributed by atoms with van der Waals surface area (Å²) in [7, 11) is -3.93. The summed E-state index contributed by atoms with van der Waals surface area (Å²) in [5.74, 6) is -0.219. The average molecular weight is 527 g/mol. The van der Waals surface area contributed by atoms with Crippen molar-refractivity contribution in [2.24, 2.45) is 0 Å². The molecule has 3 aromatic carbocycles. The van der Waals surface area contributed by atoms with E-state index < -0.39 is 22.0 Å². The summed E-state index contributed by atoms with van der Waals surface area (Å²) in [6.45, 7) is 1.67. The van der Waals surface area contributed by atoms with Crippen LogP contribution in [0.2, 0.25) is 5.02 Å². The Labute approximate surface area is 211 Å². The molecule has 0 saturated carbocycles. The highest BCUT2D eigenvalue weighted by Gasteiger charge is 2.38. The van der Waals surface area contributed by atoms with Crippen molar-refractivity contribution < 1.29 is 17.9 Å². The van der Waals surface area contributed by atoms with Gasteiger partial charge in [-0.15, -0.1) is 10.2 Å². The van der Waals surface area contributed by atoms with E-state index in [1.165, 1.54) is 27.8 Å². The van der Waals surface area contributed by atoms with Crippen LogP contribution in [0, 0.1) is 6.92 Å². The largest absolute Gasteiger partial charge is 0.476 e. The lowest BCUT2D eigenvalue weighted by Crippen LogP contribution is -2.48. The van der Waals surface area contributed by atoms with Crippen molar-refractivity contribution in [3.8, 4) is 16.3 Å². The van der Waals surface area contributed by atoms with Gasteiger partial charge in [0.2, 0.25) is 5.13 Å². The molecular weight excluding hydrogens is 508 g/mol. The van der Waals surface area contributed by atoms with E-state index in [1.807, 2.05) is 19.1 Å². The van der Waals surface area contributed by atoms with Crippen LogP contribution < -0.4 is 14.4 Å². The molecule has 0 radical (unpaired) electrons.